The second-order valence-corrected chi connectivity index (χ2v) is 3.54. The maximum absolute atomic E-state index is 11.9. The molecule has 1 heterocycles. The fourth-order valence-corrected chi connectivity index (χ4v) is 1.36. The molecule has 1 fully saturated rings. The molecule has 1 aliphatic heterocycles. The average molecular weight is 272 g/mol. The number of nitrogens with zero attached hydrogens (tertiary/aromatic N) is 1. The van der Waals surface area contributed by atoms with Crippen molar-refractivity contribution in [3.63, 3.8) is 0 Å². The molecule has 104 valence electrons. The van der Waals surface area contributed by atoms with E-state index in [9.17, 15) is 19.2 Å². The summed E-state index contributed by atoms with van der Waals surface area (Å²) < 4.78 is 0. The minimum atomic E-state index is -2.31. The summed E-state index contributed by atoms with van der Waals surface area (Å²) in [5.74, 6) is -2.83. The first-order valence-electron chi connectivity index (χ1n) is 5.04. The van der Waals surface area contributed by atoms with E-state index in [1.54, 1.807) is 0 Å². The van der Waals surface area contributed by atoms with E-state index < -0.39 is 29.4 Å². The molecule has 1 rings (SSSR count). The second-order valence-electron chi connectivity index (χ2n) is 3.54. The number of carbonyl (C=O) groups excluding carboxylic acids is 4. The molecule has 1 saturated heterocycles. The van der Waals surface area contributed by atoms with Crippen LogP contribution in [-0.4, -0.2) is 42.2 Å². The molecule has 0 aromatic carbocycles. The molecular weight excluding hydrogens is 260 g/mol. The van der Waals surface area contributed by atoms with Crippen LogP contribution in [0, 0.1) is 0 Å². The Balaban J connectivity index is 3.20. The van der Waals surface area contributed by atoms with E-state index in [0.717, 1.165) is 6.92 Å². The zero-order valence-electron chi connectivity index (χ0n) is 10.4. The lowest BCUT2D eigenvalue weighted by atomic mass is 9.94. The molecule has 10 heteroatoms. The van der Waals surface area contributed by atoms with Gasteiger partial charge >= 0.3 is 6.03 Å². The van der Waals surface area contributed by atoms with Gasteiger partial charge in [0.05, 0.1) is 0 Å². The van der Waals surface area contributed by atoms with Gasteiger partial charge in [0.1, 0.15) is 12.8 Å². The van der Waals surface area contributed by atoms with Crippen molar-refractivity contribution in [2.75, 3.05) is 7.11 Å². The first-order valence-corrected chi connectivity index (χ1v) is 5.04. The second kappa shape index (κ2) is 5.44. The molecule has 19 heavy (non-hydrogen) atoms. The van der Waals surface area contributed by atoms with Crippen LogP contribution in [0.4, 0.5) is 4.79 Å². The predicted molar refractivity (Wildman–Crippen MR) is 59.4 cm³/mol. The van der Waals surface area contributed by atoms with Crippen LogP contribution in [0.3, 0.4) is 0 Å². The van der Waals surface area contributed by atoms with Crippen LogP contribution in [0.1, 0.15) is 13.8 Å². The van der Waals surface area contributed by atoms with Crippen molar-refractivity contribution in [2.45, 2.75) is 19.4 Å². The number of amides is 5. The summed E-state index contributed by atoms with van der Waals surface area (Å²) in [5.41, 5.74) is -0.650. The molecule has 5 amide bonds. The maximum atomic E-state index is 11.9. The lowest BCUT2D eigenvalue weighted by Crippen LogP contribution is -2.71. The predicted octanol–water partition coefficient (Wildman–Crippen LogP) is -1.82. The molecule has 0 bridgehead atoms. The number of rotatable bonds is 4. The van der Waals surface area contributed by atoms with Gasteiger partial charge in [-0.05, 0) is 6.92 Å². The fraction of sp³-hybridized carbons (Fsp3) is 0.444. The first-order chi connectivity index (χ1) is 8.84. The van der Waals surface area contributed by atoms with Gasteiger partial charge in [0.15, 0.2) is 0 Å². The SMILES string of the molecule is CON=C(C)C1(ONC(C)=O)C(=O)NC(=O)NC1=O. The minimum Gasteiger partial charge on any atom is -0.399 e. The van der Waals surface area contributed by atoms with Gasteiger partial charge in [0.25, 0.3) is 17.4 Å². The summed E-state index contributed by atoms with van der Waals surface area (Å²) in [7, 11) is 1.19. The summed E-state index contributed by atoms with van der Waals surface area (Å²) in [4.78, 5) is 54.9. The standard InChI is InChI=1S/C9H12N4O6/c1-4(12-18-3)9(19-13-5(2)14)6(15)10-8(17)11-7(9)16/h1-3H3,(H,13,14)(H2,10,11,15,16,17). The Morgan fingerprint density at radius 3 is 2.16 bits per heavy atom. The Bertz CT molecular complexity index is 451. The Morgan fingerprint density at radius 2 is 1.74 bits per heavy atom. The molecule has 3 N–H and O–H groups in total. The molecule has 0 aromatic rings. The highest BCUT2D eigenvalue weighted by Gasteiger charge is 2.56. The first kappa shape index (κ1) is 14.6. The van der Waals surface area contributed by atoms with Gasteiger partial charge in [0.2, 0.25) is 5.91 Å². The number of imide groups is 2. The molecule has 10 nitrogen and oxygen atoms in total. The number of oxime groups is 1. The Labute approximate surface area is 107 Å². The number of hydrogen-bond acceptors (Lipinski definition) is 7. The summed E-state index contributed by atoms with van der Waals surface area (Å²) >= 11 is 0. The van der Waals surface area contributed by atoms with E-state index >= 15 is 0 Å². The van der Waals surface area contributed by atoms with E-state index in [0.29, 0.717) is 0 Å². The van der Waals surface area contributed by atoms with Crippen LogP contribution in [0.5, 0.6) is 0 Å². The molecule has 0 aliphatic carbocycles. The van der Waals surface area contributed by atoms with Gasteiger partial charge in [-0.2, -0.15) is 0 Å². The number of hydroxylamine groups is 1. The van der Waals surface area contributed by atoms with E-state index in [2.05, 4.69) is 9.99 Å². The van der Waals surface area contributed by atoms with Crippen LogP contribution in [0.25, 0.3) is 0 Å². The van der Waals surface area contributed by atoms with Crippen molar-refractivity contribution in [3.05, 3.63) is 0 Å². The van der Waals surface area contributed by atoms with Crippen LogP contribution in [-0.2, 0) is 24.1 Å². The molecule has 0 spiro atoms. The smallest absolute Gasteiger partial charge is 0.328 e. The van der Waals surface area contributed by atoms with Crippen LogP contribution < -0.4 is 16.1 Å². The number of hydrogen-bond donors (Lipinski definition) is 3. The normalized spacial score (nSPS) is 18.5. The van der Waals surface area contributed by atoms with E-state index in [4.69, 9.17) is 4.84 Å². The Kier molecular flexibility index (Phi) is 4.17. The quantitative estimate of drug-likeness (QED) is 0.313. The molecule has 0 atom stereocenters. The highest BCUT2D eigenvalue weighted by atomic mass is 16.7. The summed E-state index contributed by atoms with van der Waals surface area (Å²) in [6.07, 6.45) is 0. The summed E-state index contributed by atoms with van der Waals surface area (Å²) in [6.45, 7) is 2.38. The van der Waals surface area contributed by atoms with Gasteiger partial charge < -0.3 is 4.84 Å². The average Bonchev–Trinajstić information content (AvgIpc) is 2.28. The Hall–Kier alpha value is -2.49. The highest BCUT2D eigenvalue weighted by molar-refractivity contribution is 6.34. The minimum absolute atomic E-state index is 0.203. The monoisotopic (exact) mass is 272 g/mol. The van der Waals surface area contributed by atoms with Crippen molar-refractivity contribution < 1.29 is 28.9 Å². The molecular formula is C9H12N4O6. The topological polar surface area (TPSA) is 135 Å². The van der Waals surface area contributed by atoms with Crippen LogP contribution in [0.15, 0.2) is 5.16 Å². The van der Waals surface area contributed by atoms with Gasteiger partial charge in [-0.15, -0.1) is 0 Å². The van der Waals surface area contributed by atoms with Crippen LogP contribution >= 0.6 is 0 Å². The van der Waals surface area contributed by atoms with E-state index in [1.807, 2.05) is 16.1 Å². The maximum Gasteiger partial charge on any atom is 0.328 e. The number of carbonyl (C=O) groups is 4. The third-order valence-corrected chi connectivity index (χ3v) is 2.18. The molecule has 1 aliphatic rings. The van der Waals surface area contributed by atoms with Gasteiger partial charge in [-0.1, -0.05) is 5.16 Å². The number of barbiturate groups is 1. The van der Waals surface area contributed by atoms with Gasteiger partial charge in [0, 0.05) is 6.92 Å². The van der Waals surface area contributed by atoms with Gasteiger partial charge in [-0.3, -0.25) is 25.0 Å². The molecule has 0 saturated carbocycles. The fourth-order valence-electron chi connectivity index (χ4n) is 1.36. The molecule has 0 aromatic heterocycles. The van der Waals surface area contributed by atoms with E-state index in [-0.39, 0.29) is 5.71 Å². The lowest BCUT2D eigenvalue weighted by Gasteiger charge is -2.32. The summed E-state index contributed by atoms with van der Waals surface area (Å²) in [5, 5.41) is 7.11. The number of nitrogens with one attached hydrogen (secondary N) is 3. The zero-order valence-corrected chi connectivity index (χ0v) is 10.4. The largest absolute Gasteiger partial charge is 0.399 e. The van der Waals surface area contributed by atoms with Gasteiger partial charge in [-0.25, -0.2) is 15.1 Å². The third kappa shape index (κ3) is 2.68. The number of urea groups is 1. The van der Waals surface area contributed by atoms with Crippen molar-refractivity contribution >= 4 is 29.5 Å². The van der Waals surface area contributed by atoms with Crippen molar-refractivity contribution in [1.82, 2.24) is 16.1 Å². The highest BCUT2D eigenvalue weighted by Crippen LogP contribution is 2.17. The molecule has 0 radical (unpaired) electrons. The van der Waals surface area contributed by atoms with Crippen molar-refractivity contribution in [2.24, 2.45) is 5.16 Å². The lowest BCUT2D eigenvalue weighted by molar-refractivity contribution is -0.165. The third-order valence-electron chi connectivity index (χ3n) is 2.18. The zero-order chi connectivity index (χ0) is 14.6. The van der Waals surface area contributed by atoms with Crippen molar-refractivity contribution in [3.8, 4) is 0 Å². The Morgan fingerprint density at radius 1 is 1.21 bits per heavy atom. The molecule has 0 unspecified atom stereocenters. The van der Waals surface area contributed by atoms with Crippen molar-refractivity contribution in [1.29, 1.82) is 0 Å². The van der Waals surface area contributed by atoms with Crippen LogP contribution in [0.2, 0.25) is 0 Å². The summed E-state index contributed by atoms with van der Waals surface area (Å²) in [6, 6.07) is -0.998. The van der Waals surface area contributed by atoms with E-state index in [1.165, 1.54) is 14.0 Å².